The number of carbonyl (C=O) groups is 1. The third-order valence-electron chi connectivity index (χ3n) is 6.14. The lowest BCUT2D eigenvalue weighted by Crippen LogP contribution is -2.34. The Morgan fingerprint density at radius 2 is 1.89 bits per heavy atom. The minimum Gasteiger partial charge on any atom is -0.496 e. The van der Waals surface area contributed by atoms with Gasteiger partial charge in [0, 0.05) is 28.8 Å². The van der Waals surface area contributed by atoms with Crippen LogP contribution in [0, 0.1) is 6.92 Å². The summed E-state index contributed by atoms with van der Waals surface area (Å²) in [6.45, 7) is 10.1. The number of benzene rings is 2. The Morgan fingerprint density at radius 1 is 1.17 bits per heavy atom. The molecule has 6 nitrogen and oxygen atoms in total. The largest absolute Gasteiger partial charge is 0.496 e. The summed E-state index contributed by atoms with van der Waals surface area (Å²) in [5.41, 5.74) is 4.29. The van der Waals surface area contributed by atoms with Crippen LogP contribution in [0.2, 0.25) is 0 Å². The molecule has 2 aromatic heterocycles. The fourth-order valence-corrected chi connectivity index (χ4v) is 5.25. The van der Waals surface area contributed by atoms with E-state index in [1.54, 1.807) is 7.11 Å². The van der Waals surface area contributed by atoms with Crippen LogP contribution < -0.4 is 15.6 Å². The molecule has 0 saturated carbocycles. The first-order valence-electron chi connectivity index (χ1n) is 11.8. The number of thiophene rings is 1. The molecule has 4 aromatic rings. The normalized spacial score (nSPS) is 12.6. The Balaban J connectivity index is 1.72. The molecule has 35 heavy (non-hydrogen) atoms. The number of amides is 1. The van der Waals surface area contributed by atoms with Crippen LogP contribution in [0.25, 0.3) is 32.1 Å². The maximum atomic E-state index is 12.6. The predicted octanol–water partition coefficient (Wildman–Crippen LogP) is 6.75. The van der Waals surface area contributed by atoms with E-state index in [1.807, 2.05) is 45.2 Å². The van der Waals surface area contributed by atoms with Crippen molar-refractivity contribution in [1.82, 2.24) is 10.3 Å². The summed E-state index contributed by atoms with van der Waals surface area (Å²) in [5, 5.41) is 6.76. The number of hydrogen-bond donors (Lipinski definition) is 2. The molecule has 1 amide bonds. The number of alkyl carbamates (subject to hydrolysis) is 1. The minimum atomic E-state index is -0.526. The first-order valence-corrected chi connectivity index (χ1v) is 12.7. The van der Waals surface area contributed by atoms with E-state index in [9.17, 15) is 9.59 Å². The van der Waals surface area contributed by atoms with Gasteiger partial charge in [-0.25, -0.2) is 4.79 Å². The van der Waals surface area contributed by atoms with Gasteiger partial charge in [-0.05, 0) is 68.3 Å². The SMILES string of the molecule is CCC(CNC(=O)OC(C)(C)C)c1ccc(-c2c(OC)cc(C)c3[nH]c(=O)c4sccc4c23)cc1. The molecule has 184 valence electrons. The Hall–Kier alpha value is -3.32. The summed E-state index contributed by atoms with van der Waals surface area (Å²) < 4.78 is 11.9. The highest BCUT2D eigenvalue weighted by Gasteiger charge is 2.20. The Kier molecular flexibility index (Phi) is 6.90. The van der Waals surface area contributed by atoms with E-state index in [1.165, 1.54) is 11.3 Å². The number of fused-ring (bicyclic) bond motifs is 3. The van der Waals surface area contributed by atoms with Crippen molar-refractivity contribution < 1.29 is 14.3 Å². The van der Waals surface area contributed by atoms with Crippen molar-refractivity contribution in [2.75, 3.05) is 13.7 Å². The molecule has 0 aliphatic carbocycles. The monoisotopic (exact) mass is 492 g/mol. The second-order valence-corrected chi connectivity index (χ2v) is 10.7. The number of aromatic nitrogens is 1. The number of nitrogens with one attached hydrogen (secondary N) is 2. The molecule has 1 unspecified atom stereocenters. The molecule has 0 bridgehead atoms. The van der Waals surface area contributed by atoms with E-state index >= 15 is 0 Å². The van der Waals surface area contributed by atoms with E-state index in [4.69, 9.17) is 9.47 Å². The van der Waals surface area contributed by atoms with Crippen molar-refractivity contribution in [1.29, 1.82) is 0 Å². The number of hydrogen-bond acceptors (Lipinski definition) is 5. The molecule has 0 spiro atoms. The van der Waals surface area contributed by atoms with Crippen LogP contribution in [-0.4, -0.2) is 30.3 Å². The van der Waals surface area contributed by atoms with Crippen LogP contribution in [0.15, 0.2) is 46.6 Å². The van der Waals surface area contributed by atoms with Gasteiger partial charge in [0.25, 0.3) is 5.56 Å². The first-order chi connectivity index (χ1) is 16.6. The number of aromatic amines is 1. The van der Waals surface area contributed by atoms with Crippen molar-refractivity contribution in [3.8, 4) is 16.9 Å². The van der Waals surface area contributed by atoms with Gasteiger partial charge in [-0.1, -0.05) is 31.2 Å². The number of aryl methyl sites for hydroxylation is 1. The van der Waals surface area contributed by atoms with E-state index in [2.05, 4.69) is 41.5 Å². The molecule has 1 atom stereocenters. The first kappa shape index (κ1) is 24.8. The van der Waals surface area contributed by atoms with E-state index in [-0.39, 0.29) is 11.5 Å². The van der Waals surface area contributed by atoms with Gasteiger partial charge in [-0.2, -0.15) is 0 Å². The average Bonchev–Trinajstić information content (AvgIpc) is 3.30. The number of ether oxygens (including phenoxy) is 2. The van der Waals surface area contributed by atoms with Gasteiger partial charge >= 0.3 is 6.09 Å². The topological polar surface area (TPSA) is 80.4 Å². The summed E-state index contributed by atoms with van der Waals surface area (Å²) in [7, 11) is 1.67. The van der Waals surface area contributed by atoms with Crippen molar-refractivity contribution in [2.45, 2.75) is 52.6 Å². The lowest BCUT2D eigenvalue weighted by atomic mass is 9.91. The number of pyridine rings is 1. The molecular weight excluding hydrogens is 460 g/mol. The molecule has 0 saturated heterocycles. The molecule has 2 N–H and O–H groups in total. The van der Waals surface area contributed by atoms with Crippen LogP contribution in [0.5, 0.6) is 5.75 Å². The van der Waals surface area contributed by atoms with Gasteiger partial charge in [-0.3, -0.25) is 4.79 Å². The zero-order valence-corrected chi connectivity index (χ0v) is 21.9. The smallest absolute Gasteiger partial charge is 0.407 e. The standard InChI is InChI=1S/C28H32N2O4S/c1-7-17(15-29-27(32)34-28(3,4)5)18-8-10-19(11-9-18)22-21(33-6)14-16(2)24-23(22)20-12-13-35-25(20)26(31)30-24/h8-14,17H,7,15H2,1-6H3,(H,29,32)(H,30,31). The fraction of sp³-hybridized carbons (Fsp3) is 0.357. The zero-order chi connectivity index (χ0) is 25.3. The highest BCUT2D eigenvalue weighted by Crippen LogP contribution is 2.42. The molecule has 0 aliphatic rings. The number of carbonyl (C=O) groups excluding carboxylic acids is 1. The molecule has 7 heteroatoms. The fourth-order valence-electron chi connectivity index (χ4n) is 4.46. The Morgan fingerprint density at radius 3 is 2.51 bits per heavy atom. The summed E-state index contributed by atoms with van der Waals surface area (Å²) in [6, 6.07) is 12.3. The molecule has 2 heterocycles. The van der Waals surface area contributed by atoms with Crippen LogP contribution in [0.1, 0.15) is 51.2 Å². The molecule has 4 rings (SSSR count). The van der Waals surface area contributed by atoms with Gasteiger partial charge in [0.1, 0.15) is 16.1 Å². The summed E-state index contributed by atoms with van der Waals surface area (Å²) >= 11 is 1.44. The van der Waals surface area contributed by atoms with Gasteiger partial charge in [-0.15, -0.1) is 11.3 Å². The second-order valence-electron chi connectivity index (χ2n) is 9.75. The van der Waals surface area contributed by atoms with E-state index in [0.717, 1.165) is 50.7 Å². The predicted molar refractivity (Wildman–Crippen MR) is 144 cm³/mol. The van der Waals surface area contributed by atoms with Crippen molar-refractivity contribution in [3.63, 3.8) is 0 Å². The number of H-pyrrole nitrogens is 1. The lowest BCUT2D eigenvalue weighted by molar-refractivity contribution is 0.0524. The second kappa shape index (κ2) is 9.74. The van der Waals surface area contributed by atoms with Crippen LogP contribution in [0.4, 0.5) is 4.79 Å². The Labute approximate surface area is 209 Å². The quantitative estimate of drug-likeness (QED) is 0.312. The molecule has 0 radical (unpaired) electrons. The number of rotatable bonds is 6. The Bertz CT molecular complexity index is 1430. The highest BCUT2D eigenvalue weighted by atomic mass is 32.1. The van der Waals surface area contributed by atoms with Crippen LogP contribution >= 0.6 is 11.3 Å². The molecule has 0 aliphatic heterocycles. The minimum absolute atomic E-state index is 0.0691. The van der Waals surface area contributed by atoms with Crippen LogP contribution in [-0.2, 0) is 4.74 Å². The van der Waals surface area contributed by atoms with Crippen molar-refractivity contribution >= 4 is 38.4 Å². The maximum absolute atomic E-state index is 12.6. The van der Waals surface area contributed by atoms with E-state index in [0.29, 0.717) is 11.2 Å². The highest BCUT2D eigenvalue weighted by molar-refractivity contribution is 7.17. The van der Waals surface area contributed by atoms with Crippen molar-refractivity contribution in [3.05, 3.63) is 63.3 Å². The van der Waals surface area contributed by atoms with Crippen LogP contribution in [0.3, 0.4) is 0 Å². The summed E-state index contributed by atoms with van der Waals surface area (Å²) in [4.78, 5) is 27.8. The zero-order valence-electron chi connectivity index (χ0n) is 21.1. The van der Waals surface area contributed by atoms with E-state index < -0.39 is 11.7 Å². The molecule has 2 aromatic carbocycles. The average molecular weight is 493 g/mol. The maximum Gasteiger partial charge on any atom is 0.407 e. The van der Waals surface area contributed by atoms with Crippen molar-refractivity contribution in [2.24, 2.45) is 0 Å². The molecular formula is C28H32N2O4S. The molecule has 0 fully saturated rings. The van der Waals surface area contributed by atoms with Gasteiger partial charge < -0.3 is 19.8 Å². The third-order valence-corrected chi connectivity index (χ3v) is 7.06. The lowest BCUT2D eigenvalue weighted by Gasteiger charge is -2.22. The van der Waals surface area contributed by atoms with Gasteiger partial charge in [0.05, 0.1) is 12.6 Å². The van der Waals surface area contributed by atoms with Gasteiger partial charge in [0.2, 0.25) is 0 Å². The third kappa shape index (κ3) is 5.05. The summed E-state index contributed by atoms with van der Waals surface area (Å²) in [5.74, 6) is 0.925. The summed E-state index contributed by atoms with van der Waals surface area (Å²) in [6.07, 6.45) is 0.472. The van der Waals surface area contributed by atoms with Gasteiger partial charge in [0.15, 0.2) is 0 Å². The number of methoxy groups -OCH3 is 1.